The van der Waals surface area contributed by atoms with Gasteiger partial charge in [-0.25, -0.2) is 0 Å². The molecule has 0 aromatic carbocycles. The van der Waals surface area contributed by atoms with Crippen molar-refractivity contribution < 1.29 is 5.11 Å². The summed E-state index contributed by atoms with van der Waals surface area (Å²) in [5.41, 5.74) is 1.41. The van der Waals surface area contributed by atoms with Crippen molar-refractivity contribution in [2.24, 2.45) is 0 Å². The van der Waals surface area contributed by atoms with Crippen molar-refractivity contribution >= 4 is 23.2 Å². The van der Waals surface area contributed by atoms with Crippen molar-refractivity contribution in [3.8, 4) is 0 Å². The molecule has 2 nitrogen and oxygen atoms in total. The quantitative estimate of drug-likeness (QED) is 0.813. The highest BCUT2D eigenvalue weighted by atomic mass is 35.5. The summed E-state index contributed by atoms with van der Waals surface area (Å²) in [5, 5.41) is 9.66. The van der Waals surface area contributed by atoms with Crippen molar-refractivity contribution in [2.45, 2.75) is 38.1 Å². The largest absolute Gasteiger partial charge is 0.395 e. The predicted octanol–water partition coefficient (Wildman–Crippen LogP) is 2.93. The van der Waals surface area contributed by atoms with E-state index in [0.29, 0.717) is 24.2 Å². The van der Waals surface area contributed by atoms with Gasteiger partial charge in [-0.15, -0.1) is 0 Å². The zero-order valence-corrected chi connectivity index (χ0v) is 10.5. The van der Waals surface area contributed by atoms with Crippen LogP contribution >= 0.6 is 23.2 Å². The second kappa shape index (κ2) is 7.50. The molecule has 0 unspecified atom stereocenters. The number of aliphatic hydroxyl groups is 1. The third-order valence-corrected chi connectivity index (χ3v) is 3.55. The molecule has 4 heteroatoms. The van der Waals surface area contributed by atoms with Crippen LogP contribution < -0.4 is 0 Å². The van der Waals surface area contributed by atoms with E-state index in [4.69, 9.17) is 28.3 Å². The van der Waals surface area contributed by atoms with Crippen LogP contribution in [0.5, 0.6) is 0 Å². The van der Waals surface area contributed by atoms with Crippen LogP contribution in [0.3, 0.4) is 0 Å². The van der Waals surface area contributed by atoms with E-state index in [1.54, 1.807) is 0 Å². The second-order valence-corrected chi connectivity index (χ2v) is 4.75. The molecule has 1 N–H and O–H groups in total. The fourth-order valence-corrected chi connectivity index (χ4v) is 2.42. The summed E-state index contributed by atoms with van der Waals surface area (Å²) < 4.78 is 0. The molecule has 1 aliphatic carbocycles. The lowest BCUT2D eigenvalue weighted by atomic mass is 9.94. The van der Waals surface area contributed by atoms with Gasteiger partial charge < -0.3 is 5.11 Å². The Labute approximate surface area is 102 Å². The molecule has 0 heterocycles. The lowest BCUT2D eigenvalue weighted by molar-refractivity contribution is 0.136. The van der Waals surface area contributed by atoms with Crippen LogP contribution in [0.4, 0.5) is 0 Å². The highest BCUT2D eigenvalue weighted by Crippen LogP contribution is 2.23. The predicted molar refractivity (Wildman–Crippen MR) is 65.3 cm³/mol. The SMILES string of the molecule is OCCN(CC(Cl)=CCl)C1CCCCC1. The molecule has 1 saturated carbocycles. The van der Waals surface area contributed by atoms with E-state index in [-0.39, 0.29) is 6.61 Å². The van der Waals surface area contributed by atoms with Gasteiger partial charge in [0.25, 0.3) is 0 Å². The van der Waals surface area contributed by atoms with Gasteiger partial charge in [0.15, 0.2) is 0 Å². The Morgan fingerprint density at radius 3 is 2.53 bits per heavy atom. The highest BCUT2D eigenvalue weighted by molar-refractivity contribution is 6.36. The second-order valence-electron chi connectivity index (χ2n) is 4.04. The third-order valence-electron chi connectivity index (χ3n) is 2.95. The van der Waals surface area contributed by atoms with Gasteiger partial charge in [0.05, 0.1) is 6.61 Å². The van der Waals surface area contributed by atoms with Crippen LogP contribution in [0.1, 0.15) is 32.1 Å². The van der Waals surface area contributed by atoms with Gasteiger partial charge >= 0.3 is 0 Å². The van der Waals surface area contributed by atoms with E-state index in [0.717, 1.165) is 0 Å². The third kappa shape index (κ3) is 4.73. The fourth-order valence-electron chi connectivity index (χ4n) is 2.19. The van der Waals surface area contributed by atoms with Crippen molar-refractivity contribution in [1.82, 2.24) is 4.90 Å². The molecule has 0 atom stereocenters. The molecule has 0 aromatic heterocycles. The zero-order valence-electron chi connectivity index (χ0n) is 8.96. The summed E-state index contributed by atoms with van der Waals surface area (Å²) in [6, 6.07) is 0.566. The maximum atomic E-state index is 9.02. The van der Waals surface area contributed by atoms with Crippen LogP contribution in [0.25, 0.3) is 0 Å². The monoisotopic (exact) mass is 251 g/mol. The molecule has 1 aliphatic rings. The number of nitrogens with zero attached hydrogens (tertiary/aromatic N) is 1. The molecule has 1 fully saturated rings. The average molecular weight is 252 g/mol. The molecule has 0 amide bonds. The number of rotatable bonds is 5. The Hall–Kier alpha value is 0.240. The van der Waals surface area contributed by atoms with E-state index in [1.165, 1.54) is 37.6 Å². The van der Waals surface area contributed by atoms with Gasteiger partial charge in [0.1, 0.15) is 0 Å². The average Bonchev–Trinajstić information content (AvgIpc) is 2.29. The Balaban J connectivity index is 2.47. The smallest absolute Gasteiger partial charge is 0.0558 e. The Morgan fingerprint density at radius 1 is 1.33 bits per heavy atom. The summed E-state index contributed by atoms with van der Waals surface area (Å²) in [6.07, 6.45) is 6.34. The normalized spacial score (nSPS) is 19.9. The van der Waals surface area contributed by atoms with Gasteiger partial charge in [0, 0.05) is 29.7 Å². The number of halogens is 2. The van der Waals surface area contributed by atoms with Crippen molar-refractivity contribution in [2.75, 3.05) is 19.7 Å². The Bertz CT molecular complexity index is 203. The van der Waals surface area contributed by atoms with Crippen molar-refractivity contribution in [1.29, 1.82) is 0 Å². The molecular weight excluding hydrogens is 233 g/mol. The minimum Gasteiger partial charge on any atom is -0.395 e. The Kier molecular flexibility index (Phi) is 6.66. The molecule has 0 aromatic rings. The van der Waals surface area contributed by atoms with E-state index in [9.17, 15) is 0 Å². The minimum absolute atomic E-state index is 0.183. The van der Waals surface area contributed by atoms with Crippen molar-refractivity contribution in [3.63, 3.8) is 0 Å². The number of hydrogen-bond donors (Lipinski definition) is 1. The lowest BCUT2D eigenvalue weighted by Crippen LogP contribution is -2.39. The zero-order chi connectivity index (χ0) is 11.1. The lowest BCUT2D eigenvalue weighted by Gasteiger charge is -2.33. The van der Waals surface area contributed by atoms with Crippen molar-refractivity contribution in [3.05, 3.63) is 10.6 Å². The van der Waals surface area contributed by atoms with Crippen LogP contribution in [0, 0.1) is 0 Å². The van der Waals surface area contributed by atoms with Gasteiger partial charge in [-0.3, -0.25) is 4.90 Å². The molecule has 0 spiro atoms. The molecule has 0 bridgehead atoms. The van der Waals surface area contributed by atoms with Crippen LogP contribution in [-0.4, -0.2) is 35.7 Å². The summed E-state index contributed by atoms with van der Waals surface area (Å²) in [4.78, 5) is 2.24. The first kappa shape index (κ1) is 13.3. The van der Waals surface area contributed by atoms with Gasteiger partial charge in [0.2, 0.25) is 0 Å². The first-order chi connectivity index (χ1) is 7.27. The molecular formula is C11H19Cl2NO. The van der Waals surface area contributed by atoms with Gasteiger partial charge in [-0.1, -0.05) is 42.5 Å². The highest BCUT2D eigenvalue weighted by Gasteiger charge is 2.20. The van der Waals surface area contributed by atoms with Gasteiger partial charge in [-0.05, 0) is 12.8 Å². The van der Waals surface area contributed by atoms with E-state index >= 15 is 0 Å². The van der Waals surface area contributed by atoms with E-state index in [2.05, 4.69) is 4.90 Å². The summed E-state index contributed by atoms with van der Waals surface area (Å²) in [5.74, 6) is 0. The molecule has 15 heavy (non-hydrogen) atoms. The number of hydrogen-bond acceptors (Lipinski definition) is 2. The number of aliphatic hydroxyl groups excluding tert-OH is 1. The summed E-state index contributed by atoms with van der Waals surface area (Å²) >= 11 is 11.5. The van der Waals surface area contributed by atoms with Crippen LogP contribution in [-0.2, 0) is 0 Å². The first-order valence-electron chi connectivity index (χ1n) is 5.57. The van der Waals surface area contributed by atoms with Gasteiger partial charge in [-0.2, -0.15) is 0 Å². The summed E-state index contributed by atoms with van der Waals surface area (Å²) in [6.45, 7) is 1.53. The molecule has 0 aliphatic heterocycles. The standard InChI is InChI=1S/C11H19Cl2NO/c12-8-10(13)9-14(6-7-15)11-4-2-1-3-5-11/h8,11,15H,1-7,9H2. The Morgan fingerprint density at radius 2 is 2.00 bits per heavy atom. The molecule has 88 valence electrons. The molecule has 1 rings (SSSR count). The summed E-state index contributed by atoms with van der Waals surface area (Å²) in [7, 11) is 0. The first-order valence-corrected chi connectivity index (χ1v) is 6.39. The van der Waals surface area contributed by atoms with Crippen LogP contribution in [0.2, 0.25) is 0 Å². The minimum atomic E-state index is 0.183. The topological polar surface area (TPSA) is 23.5 Å². The fraction of sp³-hybridized carbons (Fsp3) is 0.818. The maximum Gasteiger partial charge on any atom is 0.0558 e. The van der Waals surface area contributed by atoms with E-state index in [1.807, 2.05) is 0 Å². The maximum absolute atomic E-state index is 9.02. The van der Waals surface area contributed by atoms with E-state index < -0.39 is 0 Å². The molecule has 0 saturated heterocycles. The van der Waals surface area contributed by atoms with Crippen LogP contribution in [0.15, 0.2) is 10.6 Å². The molecule has 0 radical (unpaired) electrons.